The lowest BCUT2D eigenvalue weighted by Gasteiger charge is -2.15. The molecule has 1 aromatic carbocycles. The van der Waals surface area contributed by atoms with Crippen molar-refractivity contribution >= 4 is 17.4 Å². The normalized spacial score (nSPS) is 10.8. The van der Waals surface area contributed by atoms with Crippen molar-refractivity contribution in [1.82, 2.24) is 4.90 Å². The molecule has 0 radical (unpaired) electrons. The van der Waals surface area contributed by atoms with Gasteiger partial charge in [-0.15, -0.1) is 0 Å². The second-order valence-corrected chi connectivity index (χ2v) is 4.36. The van der Waals surface area contributed by atoms with Crippen LogP contribution in [0.25, 0.3) is 0 Å². The van der Waals surface area contributed by atoms with E-state index in [1.54, 1.807) is 19.2 Å². The molecule has 0 N–H and O–H groups in total. The van der Waals surface area contributed by atoms with E-state index in [-0.39, 0.29) is 5.78 Å². The summed E-state index contributed by atoms with van der Waals surface area (Å²) in [5, 5.41) is 0.525. The summed E-state index contributed by atoms with van der Waals surface area (Å²) < 4.78 is 4.98. The third-order valence-corrected chi connectivity index (χ3v) is 2.90. The Morgan fingerprint density at radius 2 is 2.06 bits per heavy atom. The lowest BCUT2D eigenvalue weighted by Crippen LogP contribution is -2.25. The molecule has 0 aliphatic rings. The van der Waals surface area contributed by atoms with Gasteiger partial charge in [0.05, 0.1) is 11.6 Å². The van der Waals surface area contributed by atoms with Crippen molar-refractivity contribution in [3.05, 3.63) is 34.9 Å². The van der Waals surface area contributed by atoms with Crippen molar-refractivity contribution in [2.45, 2.75) is 6.42 Å². The van der Waals surface area contributed by atoms with Crippen LogP contribution in [0.1, 0.15) is 16.8 Å². The lowest BCUT2D eigenvalue weighted by atomic mass is 10.1. The molecule has 0 spiro atoms. The molecule has 94 valence electrons. The fourth-order valence-electron chi connectivity index (χ4n) is 1.47. The van der Waals surface area contributed by atoms with Crippen molar-refractivity contribution in [1.29, 1.82) is 0 Å². The Balaban J connectivity index is 2.42. The van der Waals surface area contributed by atoms with Gasteiger partial charge in [-0.1, -0.05) is 23.7 Å². The molecule has 0 unspecified atom stereocenters. The van der Waals surface area contributed by atoms with E-state index in [0.717, 1.165) is 6.54 Å². The van der Waals surface area contributed by atoms with E-state index >= 15 is 0 Å². The Morgan fingerprint density at radius 1 is 1.35 bits per heavy atom. The first-order valence-corrected chi connectivity index (χ1v) is 5.98. The van der Waals surface area contributed by atoms with Crippen molar-refractivity contribution in [3.63, 3.8) is 0 Å². The molecule has 1 rings (SSSR count). The molecule has 17 heavy (non-hydrogen) atoms. The second kappa shape index (κ2) is 7.43. The highest BCUT2D eigenvalue weighted by Gasteiger charge is 2.10. The Morgan fingerprint density at radius 3 is 2.71 bits per heavy atom. The van der Waals surface area contributed by atoms with Gasteiger partial charge in [0.2, 0.25) is 0 Å². The fraction of sp³-hybridized carbons (Fsp3) is 0.462. The van der Waals surface area contributed by atoms with Crippen molar-refractivity contribution in [2.75, 3.05) is 33.9 Å². The number of carbonyl (C=O) groups excluding carboxylic acids is 1. The molecule has 0 saturated carbocycles. The van der Waals surface area contributed by atoms with Crippen LogP contribution < -0.4 is 0 Å². The third-order valence-electron chi connectivity index (χ3n) is 2.57. The molecule has 0 aromatic heterocycles. The number of likely N-dealkylation sites (N-methyl/N-ethyl adjacent to an activating group) is 1. The second-order valence-electron chi connectivity index (χ2n) is 3.95. The monoisotopic (exact) mass is 255 g/mol. The highest BCUT2D eigenvalue weighted by molar-refractivity contribution is 6.33. The maximum atomic E-state index is 11.9. The van der Waals surface area contributed by atoms with Gasteiger partial charge in [-0.25, -0.2) is 0 Å². The average molecular weight is 256 g/mol. The minimum Gasteiger partial charge on any atom is -0.383 e. The van der Waals surface area contributed by atoms with Gasteiger partial charge in [-0.3, -0.25) is 4.79 Å². The number of ketones is 1. The van der Waals surface area contributed by atoms with Crippen molar-refractivity contribution in [3.8, 4) is 0 Å². The highest BCUT2D eigenvalue weighted by Crippen LogP contribution is 2.16. The van der Waals surface area contributed by atoms with Crippen LogP contribution in [0.2, 0.25) is 5.02 Å². The van der Waals surface area contributed by atoms with E-state index in [0.29, 0.717) is 30.2 Å². The van der Waals surface area contributed by atoms with E-state index in [4.69, 9.17) is 16.3 Å². The number of methoxy groups -OCH3 is 1. The summed E-state index contributed by atoms with van der Waals surface area (Å²) in [5.74, 6) is 0.0832. The minimum atomic E-state index is 0.0832. The van der Waals surface area contributed by atoms with Crippen LogP contribution >= 0.6 is 11.6 Å². The summed E-state index contributed by atoms with van der Waals surface area (Å²) in [6.07, 6.45) is 0.476. The number of ether oxygens (including phenoxy) is 1. The van der Waals surface area contributed by atoms with Gasteiger partial charge in [-0.2, -0.15) is 0 Å². The van der Waals surface area contributed by atoms with Gasteiger partial charge in [0.15, 0.2) is 5.78 Å². The van der Waals surface area contributed by atoms with Crippen LogP contribution in [-0.2, 0) is 4.74 Å². The quantitative estimate of drug-likeness (QED) is 0.701. The largest absolute Gasteiger partial charge is 0.383 e. The molecule has 0 heterocycles. The van der Waals surface area contributed by atoms with Gasteiger partial charge in [0.1, 0.15) is 0 Å². The van der Waals surface area contributed by atoms with E-state index in [9.17, 15) is 4.79 Å². The number of Topliss-reactive ketones (excluding diaryl/α,β-unsaturated/α-hetero) is 1. The van der Waals surface area contributed by atoms with Crippen molar-refractivity contribution in [2.24, 2.45) is 0 Å². The summed E-state index contributed by atoms with van der Waals surface area (Å²) in [4.78, 5) is 14.0. The zero-order chi connectivity index (χ0) is 12.7. The molecule has 1 aromatic rings. The number of benzene rings is 1. The number of rotatable bonds is 7. The molecular formula is C13H18ClNO2. The van der Waals surface area contributed by atoms with Gasteiger partial charge < -0.3 is 9.64 Å². The van der Waals surface area contributed by atoms with Gasteiger partial charge in [0, 0.05) is 32.2 Å². The van der Waals surface area contributed by atoms with Crippen LogP contribution in [-0.4, -0.2) is 44.5 Å². The first kappa shape index (κ1) is 14.2. The number of nitrogens with zero attached hydrogens (tertiary/aromatic N) is 1. The van der Waals surface area contributed by atoms with E-state index in [1.807, 2.05) is 19.2 Å². The van der Waals surface area contributed by atoms with E-state index in [1.165, 1.54) is 0 Å². The summed E-state index contributed by atoms with van der Waals surface area (Å²) in [7, 11) is 3.64. The van der Waals surface area contributed by atoms with Crippen LogP contribution in [0.15, 0.2) is 24.3 Å². The summed E-state index contributed by atoms with van der Waals surface area (Å²) in [5.41, 5.74) is 0.606. The first-order chi connectivity index (χ1) is 8.15. The topological polar surface area (TPSA) is 29.5 Å². The number of carbonyl (C=O) groups is 1. The Labute approximate surface area is 107 Å². The zero-order valence-corrected chi connectivity index (χ0v) is 11.0. The Bertz CT molecular complexity index is 368. The van der Waals surface area contributed by atoms with Crippen molar-refractivity contribution < 1.29 is 9.53 Å². The smallest absolute Gasteiger partial charge is 0.165 e. The summed E-state index contributed by atoms with van der Waals surface area (Å²) in [6.45, 7) is 2.22. The molecule has 0 atom stereocenters. The van der Waals surface area contributed by atoms with E-state index in [2.05, 4.69) is 4.90 Å². The Hall–Kier alpha value is -0.900. The van der Waals surface area contributed by atoms with Gasteiger partial charge in [0.25, 0.3) is 0 Å². The predicted molar refractivity (Wildman–Crippen MR) is 69.8 cm³/mol. The molecule has 0 amide bonds. The molecule has 0 aliphatic carbocycles. The molecule has 0 aliphatic heterocycles. The highest BCUT2D eigenvalue weighted by atomic mass is 35.5. The molecule has 0 bridgehead atoms. The third kappa shape index (κ3) is 4.86. The zero-order valence-electron chi connectivity index (χ0n) is 10.3. The SMILES string of the molecule is COCCN(C)CCC(=O)c1ccccc1Cl. The predicted octanol–water partition coefficient (Wildman–Crippen LogP) is 2.49. The van der Waals surface area contributed by atoms with Crippen LogP contribution in [0.3, 0.4) is 0 Å². The van der Waals surface area contributed by atoms with Gasteiger partial charge in [-0.05, 0) is 19.2 Å². The van der Waals surface area contributed by atoms with Gasteiger partial charge >= 0.3 is 0 Å². The molecule has 0 fully saturated rings. The maximum Gasteiger partial charge on any atom is 0.165 e. The number of halogens is 1. The summed E-state index contributed by atoms with van der Waals surface area (Å²) >= 11 is 5.96. The first-order valence-electron chi connectivity index (χ1n) is 5.60. The molecular weight excluding hydrogens is 238 g/mol. The minimum absolute atomic E-state index is 0.0832. The lowest BCUT2D eigenvalue weighted by molar-refractivity contribution is 0.0960. The maximum absolute atomic E-state index is 11.9. The molecule has 3 nitrogen and oxygen atoms in total. The Kier molecular flexibility index (Phi) is 6.19. The van der Waals surface area contributed by atoms with Crippen LogP contribution in [0, 0.1) is 0 Å². The standard InChI is InChI=1S/C13H18ClNO2/c1-15(9-10-17-2)8-7-13(16)11-5-3-4-6-12(11)14/h3-6H,7-10H2,1-2H3. The fourth-order valence-corrected chi connectivity index (χ4v) is 1.71. The van der Waals surface area contributed by atoms with Crippen LogP contribution in [0.5, 0.6) is 0 Å². The molecule has 4 heteroatoms. The van der Waals surface area contributed by atoms with Crippen LogP contribution in [0.4, 0.5) is 0 Å². The van der Waals surface area contributed by atoms with E-state index < -0.39 is 0 Å². The average Bonchev–Trinajstić information content (AvgIpc) is 2.34. The summed E-state index contributed by atoms with van der Waals surface area (Å²) in [6, 6.07) is 7.15. The number of hydrogen-bond acceptors (Lipinski definition) is 3. The number of hydrogen-bond donors (Lipinski definition) is 0. The molecule has 0 saturated heterocycles.